The van der Waals surface area contributed by atoms with Crippen LogP contribution in [0.15, 0.2) is 29.3 Å². The van der Waals surface area contributed by atoms with E-state index >= 15 is 0 Å². The van der Waals surface area contributed by atoms with Crippen molar-refractivity contribution in [1.29, 1.82) is 0 Å². The number of nitrogens with zero attached hydrogens (tertiary/aromatic N) is 2. The molecule has 0 aliphatic carbocycles. The summed E-state index contributed by atoms with van der Waals surface area (Å²) in [5, 5.41) is 3.23. The Hall–Kier alpha value is -2.04. The minimum absolute atomic E-state index is 0.240. The summed E-state index contributed by atoms with van der Waals surface area (Å²) < 4.78 is 4.62. The number of hydrogen-bond donors (Lipinski definition) is 1. The Morgan fingerprint density at radius 3 is 2.57 bits per heavy atom. The maximum absolute atomic E-state index is 11.1. The Morgan fingerprint density at radius 1 is 1.33 bits per heavy atom. The molecule has 0 fully saturated rings. The van der Waals surface area contributed by atoms with E-state index in [1.807, 2.05) is 18.9 Å². The fourth-order valence-electron chi connectivity index (χ4n) is 1.87. The summed E-state index contributed by atoms with van der Waals surface area (Å²) >= 11 is 0. The first-order valence-electron chi connectivity index (χ1n) is 7.18. The predicted octanol–water partition coefficient (Wildman–Crippen LogP) is 1.96. The normalized spacial score (nSPS) is 11.1. The van der Waals surface area contributed by atoms with Gasteiger partial charge in [0.15, 0.2) is 5.96 Å². The fraction of sp³-hybridized carbons (Fsp3) is 0.500. The molecule has 116 valence electrons. The van der Waals surface area contributed by atoms with Gasteiger partial charge in [0.2, 0.25) is 0 Å². The Balaban J connectivity index is 2.63. The van der Waals surface area contributed by atoms with Gasteiger partial charge in [-0.1, -0.05) is 29.8 Å². The van der Waals surface area contributed by atoms with Crippen molar-refractivity contribution in [3.63, 3.8) is 0 Å². The number of hydrogen-bond acceptors (Lipinski definition) is 3. The molecule has 5 heteroatoms. The molecule has 0 aliphatic heterocycles. The van der Waals surface area contributed by atoms with E-state index in [1.165, 1.54) is 18.2 Å². The van der Waals surface area contributed by atoms with Gasteiger partial charge in [0.05, 0.1) is 20.1 Å². The SMILES string of the molecule is CCNC(=NCCC(=O)OC)N(C)Cc1ccc(C)cc1. The fourth-order valence-corrected chi connectivity index (χ4v) is 1.87. The van der Waals surface area contributed by atoms with Crippen molar-refractivity contribution in [2.75, 3.05) is 27.2 Å². The van der Waals surface area contributed by atoms with E-state index in [0.29, 0.717) is 13.0 Å². The lowest BCUT2D eigenvalue weighted by atomic mass is 10.1. The van der Waals surface area contributed by atoms with Gasteiger partial charge >= 0.3 is 5.97 Å². The van der Waals surface area contributed by atoms with E-state index in [1.54, 1.807) is 0 Å². The Bertz CT molecular complexity index is 469. The first kappa shape index (κ1) is 17.0. The first-order chi connectivity index (χ1) is 10.1. The Labute approximate surface area is 127 Å². The Morgan fingerprint density at radius 2 is 2.00 bits per heavy atom. The lowest BCUT2D eigenvalue weighted by molar-refractivity contribution is -0.140. The molecule has 5 nitrogen and oxygen atoms in total. The van der Waals surface area contributed by atoms with Crippen LogP contribution in [0.25, 0.3) is 0 Å². The zero-order valence-electron chi connectivity index (χ0n) is 13.3. The number of methoxy groups -OCH3 is 1. The molecule has 0 amide bonds. The van der Waals surface area contributed by atoms with Crippen LogP contribution in [0.3, 0.4) is 0 Å². The number of aryl methyl sites for hydroxylation is 1. The zero-order valence-corrected chi connectivity index (χ0v) is 13.3. The first-order valence-corrected chi connectivity index (χ1v) is 7.18. The number of rotatable bonds is 6. The van der Waals surface area contributed by atoms with Crippen LogP contribution in [-0.4, -0.2) is 44.1 Å². The van der Waals surface area contributed by atoms with Crippen LogP contribution in [0.1, 0.15) is 24.5 Å². The number of carbonyl (C=O) groups is 1. The number of nitrogens with one attached hydrogen (secondary N) is 1. The van der Waals surface area contributed by atoms with Gasteiger partial charge in [-0.2, -0.15) is 0 Å². The van der Waals surface area contributed by atoms with E-state index in [4.69, 9.17) is 0 Å². The summed E-state index contributed by atoms with van der Waals surface area (Å²) in [6.45, 7) is 6.08. The summed E-state index contributed by atoms with van der Waals surface area (Å²) in [5.41, 5.74) is 2.47. The number of aliphatic imine (C=N–C) groups is 1. The molecule has 1 aromatic rings. The van der Waals surface area contributed by atoms with Crippen LogP contribution in [0, 0.1) is 6.92 Å². The summed E-state index contributed by atoms with van der Waals surface area (Å²) in [6, 6.07) is 8.43. The van der Waals surface area contributed by atoms with Crippen molar-refractivity contribution in [2.24, 2.45) is 4.99 Å². The van der Waals surface area contributed by atoms with Gasteiger partial charge < -0.3 is 15.0 Å². The van der Waals surface area contributed by atoms with Crippen molar-refractivity contribution < 1.29 is 9.53 Å². The van der Waals surface area contributed by atoms with Crippen molar-refractivity contribution >= 4 is 11.9 Å². The summed E-state index contributed by atoms with van der Waals surface area (Å²) in [5.74, 6) is 0.553. The quantitative estimate of drug-likeness (QED) is 0.494. The van der Waals surface area contributed by atoms with Crippen molar-refractivity contribution in [1.82, 2.24) is 10.2 Å². The van der Waals surface area contributed by atoms with E-state index in [9.17, 15) is 4.79 Å². The van der Waals surface area contributed by atoms with Crippen molar-refractivity contribution in [3.05, 3.63) is 35.4 Å². The molecule has 0 unspecified atom stereocenters. The number of benzene rings is 1. The van der Waals surface area contributed by atoms with Gasteiger partial charge in [-0.25, -0.2) is 0 Å². The number of ether oxygens (including phenoxy) is 1. The molecule has 0 saturated carbocycles. The highest BCUT2D eigenvalue weighted by Crippen LogP contribution is 2.06. The summed E-state index contributed by atoms with van der Waals surface area (Å²) in [4.78, 5) is 17.6. The lowest BCUT2D eigenvalue weighted by Gasteiger charge is -2.22. The standard InChI is InChI=1S/C16H25N3O2/c1-5-17-16(18-11-10-15(20)21-4)19(3)12-14-8-6-13(2)7-9-14/h6-9H,5,10-12H2,1-4H3,(H,17,18). The van der Waals surface area contributed by atoms with Gasteiger partial charge in [0.25, 0.3) is 0 Å². The lowest BCUT2D eigenvalue weighted by Crippen LogP contribution is -2.38. The molecule has 0 heterocycles. The maximum Gasteiger partial charge on any atom is 0.307 e. The van der Waals surface area contributed by atoms with Crippen molar-refractivity contribution in [2.45, 2.75) is 26.8 Å². The van der Waals surface area contributed by atoms with Gasteiger partial charge in [-0.05, 0) is 19.4 Å². The predicted molar refractivity (Wildman–Crippen MR) is 85.3 cm³/mol. The third-order valence-corrected chi connectivity index (χ3v) is 3.04. The molecule has 1 N–H and O–H groups in total. The average Bonchev–Trinajstić information content (AvgIpc) is 2.48. The minimum Gasteiger partial charge on any atom is -0.469 e. The highest BCUT2D eigenvalue weighted by atomic mass is 16.5. The second-order valence-corrected chi connectivity index (χ2v) is 4.90. The Kier molecular flexibility index (Phi) is 7.29. The number of carbonyl (C=O) groups excluding carboxylic acids is 1. The van der Waals surface area contributed by atoms with Gasteiger partial charge in [-0.3, -0.25) is 9.79 Å². The van der Waals surface area contributed by atoms with E-state index in [-0.39, 0.29) is 5.97 Å². The third-order valence-electron chi connectivity index (χ3n) is 3.04. The van der Waals surface area contributed by atoms with E-state index in [2.05, 4.69) is 46.2 Å². The second-order valence-electron chi connectivity index (χ2n) is 4.90. The smallest absolute Gasteiger partial charge is 0.307 e. The van der Waals surface area contributed by atoms with Crippen LogP contribution in [0.5, 0.6) is 0 Å². The molecule has 0 atom stereocenters. The summed E-state index contributed by atoms with van der Waals surface area (Å²) in [6.07, 6.45) is 0.295. The molecule has 21 heavy (non-hydrogen) atoms. The molecule has 1 rings (SSSR count). The molecule has 0 aliphatic rings. The number of esters is 1. The number of guanidine groups is 1. The average molecular weight is 291 g/mol. The minimum atomic E-state index is -0.240. The second kappa shape index (κ2) is 9.00. The molecule has 1 aromatic carbocycles. The van der Waals surface area contributed by atoms with E-state index in [0.717, 1.165) is 19.0 Å². The van der Waals surface area contributed by atoms with Crippen LogP contribution < -0.4 is 5.32 Å². The van der Waals surface area contributed by atoms with Gasteiger partial charge in [0, 0.05) is 20.1 Å². The molecular weight excluding hydrogens is 266 g/mol. The molecule has 0 spiro atoms. The maximum atomic E-state index is 11.1. The largest absolute Gasteiger partial charge is 0.469 e. The highest BCUT2D eigenvalue weighted by molar-refractivity contribution is 5.80. The molecule has 0 bridgehead atoms. The summed E-state index contributed by atoms with van der Waals surface area (Å²) in [7, 11) is 3.38. The molecule has 0 saturated heterocycles. The third kappa shape index (κ3) is 6.29. The van der Waals surface area contributed by atoms with E-state index < -0.39 is 0 Å². The van der Waals surface area contributed by atoms with Gasteiger partial charge in [0.1, 0.15) is 0 Å². The zero-order chi connectivity index (χ0) is 15.7. The van der Waals surface area contributed by atoms with Crippen LogP contribution >= 0.6 is 0 Å². The van der Waals surface area contributed by atoms with Crippen LogP contribution in [-0.2, 0) is 16.1 Å². The molecular formula is C16H25N3O2. The molecule has 0 radical (unpaired) electrons. The van der Waals surface area contributed by atoms with Crippen LogP contribution in [0.4, 0.5) is 0 Å². The van der Waals surface area contributed by atoms with Crippen molar-refractivity contribution in [3.8, 4) is 0 Å². The molecule has 0 aromatic heterocycles. The van der Waals surface area contributed by atoms with Gasteiger partial charge in [-0.15, -0.1) is 0 Å². The highest BCUT2D eigenvalue weighted by Gasteiger charge is 2.07. The van der Waals surface area contributed by atoms with Crippen LogP contribution in [0.2, 0.25) is 0 Å². The topological polar surface area (TPSA) is 53.9 Å². The monoisotopic (exact) mass is 291 g/mol.